The normalized spacial score (nSPS) is 30.3. The molecule has 2 N–H and O–H groups in total. The highest BCUT2D eigenvalue weighted by Crippen LogP contribution is 2.27. The topological polar surface area (TPSA) is 32.3 Å². The maximum Gasteiger partial charge on any atom is 0.0675 e. The van der Waals surface area contributed by atoms with Crippen LogP contribution in [0.25, 0.3) is 0 Å². The molecule has 16 heavy (non-hydrogen) atoms. The molecule has 2 nitrogen and oxygen atoms in total. The largest absolute Gasteiger partial charge is 0.390 e. The molecule has 0 amide bonds. The van der Waals surface area contributed by atoms with Crippen LogP contribution in [0.3, 0.4) is 0 Å². The first-order valence-electron chi connectivity index (χ1n) is 6.07. The van der Waals surface area contributed by atoms with Crippen LogP contribution in [0.1, 0.15) is 24.5 Å². The minimum atomic E-state index is -0.520. The summed E-state index contributed by atoms with van der Waals surface area (Å²) in [6.07, 6.45) is 1.82. The molecule has 2 rings (SSSR count). The van der Waals surface area contributed by atoms with E-state index in [2.05, 4.69) is 36.5 Å². The molecule has 1 aliphatic rings. The Hall–Kier alpha value is -0.860. The van der Waals surface area contributed by atoms with Crippen molar-refractivity contribution in [2.45, 2.75) is 32.3 Å². The molecule has 2 atom stereocenters. The van der Waals surface area contributed by atoms with Crippen molar-refractivity contribution in [3.8, 4) is 0 Å². The molecule has 88 valence electrons. The molecule has 0 aliphatic carbocycles. The van der Waals surface area contributed by atoms with Crippen molar-refractivity contribution in [2.75, 3.05) is 13.1 Å². The highest BCUT2D eigenvalue weighted by molar-refractivity contribution is 5.26. The minimum Gasteiger partial charge on any atom is -0.390 e. The zero-order valence-corrected chi connectivity index (χ0v) is 10.2. The number of aryl methyl sites for hydroxylation is 1. The number of hydrogen-bond donors (Lipinski definition) is 2. The van der Waals surface area contributed by atoms with Crippen molar-refractivity contribution in [2.24, 2.45) is 5.92 Å². The summed E-state index contributed by atoms with van der Waals surface area (Å²) in [5.41, 5.74) is 2.16. The van der Waals surface area contributed by atoms with Crippen LogP contribution in [0, 0.1) is 12.8 Å². The summed E-state index contributed by atoms with van der Waals surface area (Å²) in [5.74, 6) is 0.322. The van der Waals surface area contributed by atoms with E-state index in [1.807, 2.05) is 6.92 Å². The van der Waals surface area contributed by atoms with E-state index in [0.717, 1.165) is 25.9 Å². The van der Waals surface area contributed by atoms with Gasteiger partial charge in [0.2, 0.25) is 0 Å². The van der Waals surface area contributed by atoms with Crippen LogP contribution in [0.4, 0.5) is 0 Å². The van der Waals surface area contributed by atoms with Crippen molar-refractivity contribution in [1.29, 1.82) is 0 Å². The van der Waals surface area contributed by atoms with Crippen molar-refractivity contribution in [3.63, 3.8) is 0 Å². The van der Waals surface area contributed by atoms with Crippen LogP contribution in [-0.4, -0.2) is 23.8 Å². The molecule has 2 unspecified atom stereocenters. The molecule has 1 heterocycles. The van der Waals surface area contributed by atoms with Gasteiger partial charge in [0.05, 0.1) is 5.60 Å². The summed E-state index contributed by atoms with van der Waals surface area (Å²) in [6, 6.07) is 8.45. The van der Waals surface area contributed by atoms with Gasteiger partial charge in [-0.05, 0) is 44.4 Å². The molecule has 0 bridgehead atoms. The van der Waals surface area contributed by atoms with Gasteiger partial charge in [0.15, 0.2) is 0 Å². The van der Waals surface area contributed by atoms with E-state index in [1.54, 1.807) is 0 Å². The summed E-state index contributed by atoms with van der Waals surface area (Å²) < 4.78 is 0. The molecular weight excluding hydrogens is 198 g/mol. The van der Waals surface area contributed by atoms with Gasteiger partial charge in [-0.25, -0.2) is 0 Å². The van der Waals surface area contributed by atoms with E-state index in [4.69, 9.17) is 0 Å². The Bertz CT molecular complexity index is 360. The first-order chi connectivity index (χ1) is 7.59. The molecule has 1 aliphatic heterocycles. The Morgan fingerprint density at radius 3 is 2.88 bits per heavy atom. The number of rotatable bonds is 2. The van der Waals surface area contributed by atoms with Gasteiger partial charge in [-0.15, -0.1) is 0 Å². The van der Waals surface area contributed by atoms with Crippen LogP contribution >= 0.6 is 0 Å². The fraction of sp³-hybridized carbons (Fsp3) is 0.571. The summed E-state index contributed by atoms with van der Waals surface area (Å²) in [6.45, 7) is 5.95. The van der Waals surface area contributed by atoms with Crippen molar-refractivity contribution >= 4 is 0 Å². The highest BCUT2D eigenvalue weighted by Gasteiger charge is 2.34. The van der Waals surface area contributed by atoms with E-state index in [0.29, 0.717) is 5.92 Å². The lowest BCUT2D eigenvalue weighted by Crippen LogP contribution is -2.49. The third kappa shape index (κ3) is 2.45. The van der Waals surface area contributed by atoms with Gasteiger partial charge in [0.25, 0.3) is 0 Å². The molecule has 2 heteroatoms. The second-order valence-corrected chi connectivity index (χ2v) is 5.14. The SMILES string of the molecule is Cc1ccccc1CC1CNCCC1(C)O. The maximum absolute atomic E-state index is 10.3. The lowest BCUT2D eigenvalue weighted by atomic mass is 9.79. The third-order valence-electron chi connectivity index (χ3n) is 3.81. The van der Waals surface area contributed by atoms with Crippen LogP contribution < -0.4 is 5.32 Å². The van der Waals surface area contributed by atoms with Gasteiger partial charge in [-0.1, -0.05) is 24.3 Å². The Balaban J connectivity index is 2.12. The first-order valence-corrected chi connectivity index (χ1v) is 6.07. The van der Waals surface area contributed by atoms with Gasteiger partial charge < -0.3 is 10.4 Å². The van der Waals surface area contributed by atoms with Gasteiger partial charge in [0.1, 0.15) is 0 Å². The predicted molar refractivity (Wildman–Crippen MR) is 66.5 cm³/mol. The lowest BCUT2D eigenvalue weighted by Gasteiger charge is -2.38. The average molecular weight is 219 g/mol. The zero-order valence-electron chi connectivity index (χ0n) is 10.2. The Kier molecular flexibility index (Phi) is 3.31. The number of aliphatic hydroxyl groups is 1. The van der Waals surface area contributed by atoms with E-state index in [1.165, 1.54) is 11.1 Å². The van der Waals surface area contributed by atoms with Gasteiger partial charge in [0, 0.05) is 12.5 Å². The summed E-state index contributed by atoms with van der Waals surface area (Å²) in [4.78, 5) is 0. The van der Waals surface area contributed by atoms with Crippen LogP contribution in [0.15, 0.2) is 24.3 Å². The molecule has 1 aromatic rings. The number of piperidine rings is 1. The molecule has 0 spiro atoms. The van der Waals surface area contributed by atoms with Crippen molar-refractivity contribution < 1.29 is 5.11 Å². The van der Waals surface area contributed by atoms with Crippen LogP contribution in [-0.2, 0) is 6.42 Å². The van der Waals surface area contributed by atoms with Gasteiger partial charge in [-0.3, -0.25) is 0 Å². The smallest absolute Gasteiger partial charge is 0.0675 e. The predicted octanol–water partition coefficient (Wildman–Crippen LogP) is 1.90. The van der Waals surface area contributed by atoms with E-state index < -0.39 is 5.60 Å². The lowest BCUT2D eigenvalue weighted by molar-refractivity contribution is -0.0234. The van der Waals surface area contributed by atoms with E-state index in [9.17, 15) is 5.11 Å². The molecule has 0 aromatic heterocycles. The number of nitrogens with one attached hydrogen (secondary N) is 1. The zero-order chi connectivity index (χ0) is 11.6. The standard InChI is InChI=1S/C14H21NO/c1-11-5-3-4-6-12(11)9-13-10-15-8-7-14(13,2)16/h3-6,13,15-16H,7-10H2,1-2H3. The quantitative estimate of drug-likeness (QED) is 0.796. The molecule has 1 aromatic carbocycles. The molecule has 1 fully saturated rings. The average Bonchev–Trinajstić information content (AvgIpc) is 2.24. The van der Waals surface area contributed by atoms with Gasteiger partial charge >= 0.3 is 0 Å². The second kappa shape index (κ2) is 4.56. The second-order valence-electron chi connectivity index (χ2n) is 5.14. The molecule has 0 saturated carbocycles. The summed E-state index contributed by atoms with van der Waals surface area (Å²) in [7, 11) is 0. The monoisotopic (exact) mass is 219 g/mol. The first kappa shape index (κ1) is 11.6. The molecule has 1 saturated heterocycles. The van der Waals surface area contributed by atoms with E-state index in [-0.39, 0.29) is 0 Å². The summed E-state index contributed by atoms with van der Waals surface area (Å²) in [5, 5.41) is 13.7. The fourth-order valence-electron chi connectivity index (χ4n) is 2.44. The fourth-order valence-corrected chi connectivity index (χ4v) is 2.44. The molecular formula is C14H21NO. The van der Waals surface area contributed by atoms with Crippen molar-refractivity contribution in [1.82, 2.24) is 5.32 Å². The Morgan fingerprint density at radius 2 is 2.19 bits per heavy atom. The van der Waals surface area contributed by atoms with Crippen LogP contribution in [0.2, 0.25) is 0 Å². The summed E-state index contributed by atoms with van der Waals surface area (Å²) >= 11 is 0. The van der Waals surface area contributed by atoms with Gasteiger partial charge in [-0.2, -0.15) is 0 Å². The Morgan fingerprint density at radius 1 is 1.44 bits per heavy atom. The Labute approximate surface area is 97.7 Å². The van der Waals surface area contributed by atoms with Crippen LogP contribution in [0.5, 0.6) is 0 Å². The number of hydrogen-bond acceptors (Lipinski definition) is 2. The third-order valence-corrected chi connectivity index (χ3v) is 3.81. The van der Waals surface area contributed by atoms with E-state index >= 15 is 0 Å². The maximum atomic E-state index is 10.3. The highest BCUT2D eigenvalue weighted by atomic mass is 16.3. The number of benzene rings is 1. The minimum absolute atomic E-state index is 0.322. The van der Waals surface area contributed by atoms with Crippen molar-refractivity contribution in [3.05, 3.63) is 35.4 Å². The molecule has 0 radical (unpaired) electrons.